The summed E-state index contributed by atoms with van der Waals surface area (Å²) in [7, 11) is 0. The van der Waals surface area contributed by atoms with E-state index in [-0.39, 0.29) is 5.41 Å². The Labute approximate surface area is 75.6 Å². The minimum Gasteiger partial charge on any atom is -0.0596 e. The molecule has 0 unspecified atom stereocenters. The van der Waals surface area contributed by atoms with Gasteiger partial charge in [-0.3, -0.25) is 0 Å². The van der Waals surface area contributed by atoms with E-state index in [1.54, 1.807) is 0 Å². The molecule has 0 aliphatic carbocycles. The van der Waals surface area contributed by atoms with Crippen molar-refractivity contribution in [1.82, 2.24) is 0 Å². The molecule has 0 saturated carbocycles. The van der Waals surface area contributed by atoms with Crippen LogP contribution in [0.5, 0.6) is 0 Å². The lowest BCUT2D eigenvalue weighted by molar-refractivity contribution is 0.506. The number of hydrogen-bond donors (Lipinski definition) is 0. The number of rotatable bonds is 1. The summed E-state index contributed by atoms with van der Waals surface area (Å²) in [5.74, 6) is 0. The zero-order valence-corrected chi connectivity index (χ0v) is 8.39. The van der Waals surface area contributed by atoms with Gasteiger partial charge in [-0.1, -0.05) is 50.6 Å². The normalized spacial score (nSPS) is 11.7. The standard InChI is InChI=1S/C12H17/c1-10-5-7-11(8-6-10)9-12(2,3)4/h5-9H,1-4H3. The summed E-state index contributed by atoms with van der Waals surface area (Å²) in [6.45, 7) is 8.76. The van der Waals surface area contributed by atoms with Gasteiger partial charge in [0.25, 0.3) is 0 Å². The Balaban J connectivity index is 2.71. The molecule has 1 rings (SSSR count). The van der Waals surface area contributed by atoms with Crippen molar-refractivity contribution in [3.8, 4) is 0 Å². The van der Waals surface area contributed by atoms with Gasteiger partial charge in [-0.15, -0.1) is 0 Å². The maximum absolute atomic E-state index is 2.28. The third-order valence-corrected chi connectivity index (χ3v) is 1.68. The molecular formula is C12H17. The molecule has 0 bridgehead atoms. The molecule has 0 fully saturated rings. The molecule has 0 nitrogen and oxygen atoms in total. The highest BCUT2D eigenvalue weighted by molar-refractivity contribution is 5.28. The first kappa shape index (κ1) is 9.31. The maximum Gasteiger partial charge on any atom is -0.00394 e. The summed E-state index contributed by atoms with van der Waals surface area (Å²) >= 11 is 0. The molecule has 0 aliphatic rings. The number of benzene rings is 1. The van der Waals surface area contributed by atoms with Gasteiger partial charge in [0, 0.05) is 0 Å². The predicted molar refractivity (Wildman–Crippen MR) is 54.0 cm³/mol. The van der Waals surface area contributed by atoms with E-state index in [1.165, 1.54) is 11.1 Å². The molecule has 1 aromatic carbocycles. The van der Waals surface area contributed by atoms with Crippen molar-refractivity contribution in [2.75, 3.05) is 0 Å². The van der Waals surface area contributed by atoms with Gasteiger partial charge in [-0.2, -0.15) is 0 Å². The molecule has 1 aromatic rings. The minimum atomic E-state index is 0.273. The molecule has 0 spiro atoms. The molecule has 1 radical (unpaired) electrons. The van der Waals surface area contributed by atoms with Crippen LogP contribution in [0.3, 0.4) is 0 Å². The lowest BCUT2D eigenvalue weighted by Crippen LogP contribution is -2.06. The number of aryl methyl sites for hydroxylation is 1. The lowest BCUT2D eigenvalue weighted by Gasteiger charge is -2.17. The van der Waals surface area contributed by atoms with Crippen LogP contribution >= 0.6 is 0 Å². The third-order valence-electron chi connectivity index (χ3n) is 1.68. The minimum absolute atomic E-state index is 0.273. The molecule has 0 N–H and O–H groups in total. The van der Waals surface area contributed by atoms with Crippen molar-refractivity contribution in [3.05, 3.63) is 41.8 Å². The van der Waals surface area contributed by atoms with Crippen LogP contribution in [0, 0.1) is 18.8 Å². The molecule has 65 valence electrons. The zero-order valence-electron chi connectivity index (χ0n) is 8.39. The summed E-state index contributed by atoms with van der Waals surface area (Å²) in [5, 5.41) is 0. The second-order valence-corrected chi connectivity index (χ2v) is 4.42. The first-order valence-electron chi connectivity index (χ1n) is 4.40. The largest absolute Gasteiger partial charge is 0.0596 e. The van der Waals surface area contributed by atoms with E-state index in [0.717, 1.165) is 0 Å². The van der Waals surface area contributed by atoms with Gasteiger partial charge in [-0.25, -0.2) is 0 Å². The van der Waals surface area contributed by atoms with Crippen LogP contribution in [0.4, 0.5) is 0 Å². The Morgan fingerprint density at radius 2 is 1.50 bits per heavy atom. The van der Waals surface area contributed by atoms with Crippen LogP contribution in [0.2, 0.25) is 0 Å². The first-order valence-corrected chi connectivity index (χ1v) is 4.40. The molecule has 0 saturated heterocycles. The third kappa shape index (κ3) is 3.08. The highest BCUT2D eigenvalue weighted by Crippen LogP contribution is 2.22. The Hall–Kier alpha value is -0.780. The van der Waals surface area contributed by atoms with Gasteiger partial charge >= 0.3 is 0 Å². The van der Waals surface area contributed by atoms with Gasteiger partial charge < -0.3 is 0 Å². The van der Waals surface area contributed by atoms with Crippen LogP contribution in [0.25, 0.3) is 0 Å². The molecule has 0 amide bonds. The average molecular weight is 161 g/mol. The van der Waals surface area contributed by atoms with Crippen molar-refractivity contribution < 1.29 is 0 Å². The Morgan fingerprint density at radius 1 is 1.00 bits per heavy atom. The fraction of sp³-hybridized carbons (Fsp3) is 0.417. The van der Waals surface area contributed by atoms with Crippen molar-refractivity contribution in [3.63, 3.8) is 0 Å². The first-order chi connectivity index (χ1) is 5.47. The topological polar surface area (TPSA) is 0 Å². The summed E-state index contributed by atoms with van der Waals surface area (Å²) < 4.78 is 0. The Morgan fingerprint density at radius 3 is 1.92 bits per heavy atom. The van der Waals surface area contributed by atoms with E-state index in [0.29, 0.717) is 0 Å². The van der Waals surface area contributed by atoms with Crippen molar-refractivity contribution in [1.29, 1.82) is 0 Å². The van der Waals surface area contributed by atoms with Crippen molar-refractivity contribution in [2.45, 2.75) is 27.7 Å². The van der Waals surface area contributed by atoms with Crippen LogP contribution in [-0.2, 0) is 0 Å². The maximum atomic E-state index is 2.28. The van der Waals surface area contributed by atoms with Gasteiger partial charge in [0.2, 0.25) is 0 Å². The molecule has 0 atom stereocenters. The van der Waals surface area contributed by atoms with Gasteiger partial charge in [-0.05, 0) is 24.3 Å². The Kier molecular flexibility index (Phi) is 2.56. The average Bonchev–Trinajstić information content (AvgIpc) is 1.91. The van der Waals surface area contributed by atoms with Gasteiger partial charge in [0.05, 0.1) is 0 Å². The smallest absolute Gasteiger partial charge is 0.00394 e. The zero-order chi connectivity index (χ0) is 9.19. The highest BCUT2D eigenvalue weighted by atomic mass is 14.1. The lowest BCUT2D eigenvalue weighted by atomic mass is 9.88. The summed E-state index contributed by atoms with van der Waals surface area (Å²) in [6, 6.07) is 8.64. The van der Waals surface area contributed by atoms with Crippen LogP contribution in [0.1, 0.15) is 31.9 Å². The monoisotopic (exact) mass is 161 g/mol. The molecule has 0 aliphatic heterocycles. The molecule has 12 heavy (non-hydrogen) atoms. The predicted octanol–water partition coefficient (Wildman–Crippen LogP) is 3.59. The fourth-order valence-electron chi connectivity index (χ4n) is 1.16. The highest BCUT2D eigenvalue weighted by Gasteiger charge is 2.10. The second kappa shape index (κ2) is 3.30. The van der Waals surface area contributed by atoms with Crippen molar-refractivity contribution in [2.24, 2.45) is 5.41 Å². The summed E-state index contributed by atoms with van der Waals surface area (Å²) in [5.41, 5.74) is 2.91. The van der Waals surface area contributed by atoms with E-state index in [1.807, 2.05) is 0 Å². The second-order valence-electron chi connectivity index (χ2n) is 4.42. The van der Waals surface area contributed by atoms with Crippen LogP contribution in [0.15, 0.2) is 24.3 Å². The van der Waals surface area contributed by atoms with Crippen LogP contribution < -0.4 is 0 Å². The van der Waals surface area contributed by atoms with E-state index in [2.05, 4.69) is 58.4 Å². The fourth-order valence-corrected chi connectivity index (χ4v) is 1.16. The number of hydrogen-bond acceptors (Lipinski definition) is 0. The molecular weight excluding hydrogens is 144 g/mol. The Bertz CT molecular complexity index is 236. The van der Waals surface area contributed by atoms with E-state index in [4.69, 9.17) is 0 Å². The molecule has 0 heterocycles. The van der Waals surface area contributed by atoms with E-state index < -0.39 is 0 Å². The van der Waals surface area contributed by atoms with E-state index >= 15 is 0 Å². The van der Waals surface area contributed by atoms with Gasteiger partial charge in [0.15, 0.2) is 0 Å². The quantitative estimate of drug-likeness (QED) is 0.590. The van der Waals surface area contributed by atoms with Crippen molar-refractivity contribution >= 4 is 0 Å². The van der Waals surface area contributed by atoms with Crippen LogP contribution in [-0.4, -0.2) is 0 Å². The van der Waals surface area contributed by atoms with E-state index in [9.17, 15) is 0 Å². The molecule has 0 heteroatoms. The molecule has 0 aromatic heterocycles. The summed E-state index contributed by atoms with van der Waals surface area (Å²) in [6.07, 6.45) is 2.28. The summed E-state index contributed by atoms with van der Waals surface area (Å²) in [4.78, 5) is 0. The van der Waals surface area contributed by atoms with Gasteiger partial charge in [0.1, 0.15) is 0 Å². The SMILES string of the molecule is Cc1ccc([CH]C(C)(C)C)cc1.